The first kappa shape index (κ1) is 22.0. The summed E-state index contributed by atoms with van der Waals surface area (Å²) < 4.78 is 5.45. The van der Waals surface area contributed by atoms with E-state index in [2.05, 4.69) is 29.1 Å². The molecule has 0 aromatic carbocycles. The number of hydrogen-bond acceptors (Lipinski definition) is 4. The van der Waals surface area contributed by atoms with E-state index in [0.717, 1.165) is 83.6 Å². The van der Waals surface area contributed by atoms with Crippen LogP contribution in [0.5, 0.6) is 0 Å². The molecule has 2 saturated heterocycles. The van der Waals surface area contributed by atoms with Crippen LogP contribution in [-0.2, 0) is 9.53 Å². The van der Waals surface area contributed by atoms with Gasteiger partial charge in [0.05, 0.1) is 5.92 Å². The van der Waals surface area contributed by atoms with Gasteiger partial charge in [-0.1, -0.05) is 0 Å². The molecule has 2 fully saturated rings. The van der Waals surface area contributed by atoms with Crippen molar-refractivity contribution in [1.82, 2.24) is 15.1 Å². The lowest BCUT2D eigenvalue weighted by atomic mass is 9.96. The van der Waals surface area contributed by atoms with Gasteiger partial charge in [-0.05, 0) is 64.5 Å². The number of nitrogens with two attached hydrogens (primary N) is 1. The minimum absolute atomic E-state index is 0.0240. The van der Waals surface area contributed by atoms with Gasteiger partial charge in [0.25, 0.3) is 0 Å². The van der Waals surface area contributed by atoms with Crippen LogP contribution in [0, 0.1) is 11.8 Å². The summed E-state index contributed by atoms with van der Waals surface area (Å²) in [7, 11) is 2.13. The summed E-state index contributed by atoms with van der Waals surface area (Å²) in [5.41, 5.74) is 5.46. The van der Waals surface area contributed by atoms with E-state index in [9.17, 15) is 4.79 Å². The van der Waals surface area contributed by atoms with Gasteiger partial charge >= 0.3 is 0 Å². The monoisotopic (exact) mass is 381 g/mol. The molecule has 7 nitrogen and oxygen atoms in total. The van der Waals surface area contributed by atoms with Crippen LogP contribution in [0.2, 0.25) is 0 Å². The molecule has 1 atom stereocenters. The minimum atomic E-state index is -0.154. The molecule has 0 aliphatic carbocycles. The van der Waals surface area contributed by atoms with Gasteiger partial charge < -0.3 is 25.6 Å². The Balaban J connectivity index is 1.70. The molecule has 0 bridgehead atoms. The molecule has 7 heteroatoms. The molecule has 0 saturated carbocycles. The lowest BCUT2D eigenvalue weighted by Gasteiger charge is -2.31. The van der Waals surface area contributed by atoms with Crippen LogP contribution in [0.1, 0.15) is 45.4 Å². The van der Waals surface area contributed by atoms with Crippen LogP contribution in [-0.4, -0.2) is 81.2 Å². The van der Waals surface area contributed by atoms with Crippen molar-refractivity contribution in [2.24, 2.45) is 22.6 Å². The van der Waals surface area contributed by atoms with Gasteiger partial charge in [0.15, 0.2) is 5.96 Å². The molecule has 27 heavy (non-hydrogen) atoms. The Morgan fingerprint density at radius 3 is 2.81 bits per heavy atom. The molecule has 0 aromatic heterocycles. The Labute approximate surface area is 164 Å². The summed E-state index contributed by atoms with van der Waals surface area (Å²) in [5, 5.41) is 3.41. The Hall–Kier alpha value is -1.34. The van der Waals surface area contributed by atoms with Crippen LogP contribution < -0.4 is 11.1 Å². The van der Waals surface area contributed by atoms with E-state index in [1.165, 1.54) is 19.3 Å². The van der Waals surface area contributed by atoms with Gasteiger partial charge in [0, 0.05) is 46.4 Å². The van der Waals surface area contributed by atoms with E-state index in [4.69, 9.17) is 15.5 Å². The zero-order valence-corrected chi connectivity index (χ0v) is 17.3. The van der Waals surface area contributed by atoms with Gasteiger partial charge in [-0.2, -0.15) is 0 Å². The number of nitrogens with zero attached hydrogens (tertiary/aromatic N) is 3. The number of ether oxygens (including phenoxy) is 1. The van der Waals surface area contributed by atoms with Gasteiger partial charge in [-0.25, -0.2) is 0 Å². The molecule has 2 aliphatic heterocycles. The van der Waals surface area contributed by atoms with Gasteiger partial charge in [-0.3, -0.25) is 9.79 Å². The first-order chi connectivity index (χ1) is 13.1. The number of likely N-dealkylation sites (tertiary alicyclic amines) is 1. The van der Waals surface area contributed by atoms with Crippen molar-refractivity contribution in [3.8, 4) is 0 Å². The second kappa shape index (κ2) is 12.2. The van der Waals surface area contributed by atoms with Crippen molar-refractivity contribution in [2.45, 2.75) is 45.4 Å². The van der Waals surface area contributed by atoms with Gasteiger partial charge in [-0.15, -0.1) is 0 Å². The summed E-state index contributed by atoms with van der Waals surface area (Å²) in [6.07, 6.45) is 6.58. The number of nitrogens with one attached hydrogen (secondary N) is 1. The van der Waals surface area contributed by atoms with E-state index in [1.807, 2.05) is 0 Å². The van der Waals surface area contributed by atoms with E-state index >= 15 is 0 Å². The lowest BCUT2D eigenvalue weighted by molar-refractivity contribution is -0.123. The van der Waals surface area contributed by atoms with Crippen LogP contribution in [0.25, 0.3) is 0 Å². The van der Waals surface area contributed by atoms with Crippen LogP contribution in [0.15, 0.2) is 4.99 Å². The highest BCUT2D eigenvalue weighted by Crippen LogP contribution is 2.18. The Bertz CT molecular complexity index is 465. The number of guanidine groups is 1. The number of piperidine rings is 1. The van der Waals surface area contributed by atoms with E-state index in [0.29, 0.717) is 0 Å². The third kappa shape index (κ3) is 8.05. The minimum Gasteiger partial charge on any atom is -0.381 e. The zero-order valence-electron chi connectivity index (χ0n) is 17.3. The number of hydrogen-bond donors (Lipinski definition) is 2. The second-order valence-electron chi connectivity index (χ2n) is 7.90. The summed E-state index contributed by atoms with van der Waals surface area (Å²) >= 11 is 0. The number of aliphatic imine (C=N–C) groups is 1. The van der Waals surface area contributed by atoms with Crippen molar-refractivity contribution >= 4 is 11.9 Å². The molecule has 1 unspecified atom stereocenters. The number of primary amides is 1. The van der Waals surface area contributed by atoms with E-state index in [1.54, 1.807) is 0 Å². The van der Waals surface area contributed by atoms with Crippen LogP contribution >= 0.6 is 0 Å². The molecule has 0 aromatic rings. The van der Waals surface area contributed by atoms with Crippen LogP contribution in [0.4, 0.5) is 0 Å². The molecule has 2 rings (SSSR count). The zero-order chi connectivity index (χ0) is 19.5. The topological polar surface area (TPSA) is 83.2 Å². The average molecular weight is 382 g/mol. The van der Waals surface area contributed by atoms with Gasteiger partial charge in [0.2, 0.25) is 5.91 Å². The molecular formula is C20H39N5O2. The molecule has 2 heterocycles. The maximum Gasteiger partial charge on any atom is 0.221 e. The standard InChI is InChI=1S/C20H39N5O2/c1-3-22-20(24(2)13-7-17-8-14-27-15-9-17)23-10-5-12-25-11-4-6-18(16-25)19(21)26/h17-18H,3-16H2,1-2H3,(H2,21,26)(H,22,23). The molecule has 0 spiro atoms. The molecule has 156 valence electrons. The predicted molar refractivity (Wildman–Crippen MR) is 110 cm³/mol. The molecule has 1 amide bonds. The lowest BCUT2D eigenvalue weighted by Crippen LogP contribution is -2.42. The van der Waals surface area contributed by atoms with Crippen molar-refractivity contribution in [1.29, 1.82) is 0 Å². The SMILES string of the molecule is CCNC(=NCCCN1CCCC(C(N)=O)C1)N(C)CCC1CCOCC1. The maximum absolute atomic E-state index is 11.4. The predicted octanol–water partition coefficient (Wildman–Crippen LogP) is 1.29. The van der Waals surface area contributed by atoms with Gasteiger partial charge in [0.1, 0.15) is 0 Å². The van der Waals surface area contributed by atoms with Crippen LogP contribution in [0.3, 0.4) is 0 Å². The molecule has 3 N–H and O–H groups in total. The number of carbonyl (C=O) groups is 1. The quantitative estimate of drug-likeness (QED) is 0.357. The highest BCUT2D eigenvalue weighted by Gasteiger charge is 2.23. The normalized spacial score (nSPS) is 22.6. The Morgan fingerprint density at radius 2 is 2.11 bits per heavy atom. The largest absolute Gasteiger partial charge is 0.381 e. The maximum atomic E-state index is 11.4. The Morgan fingerprint density at radius 1 is 1.33 bits per heavy atom. The average Bonchev–Trinajstić information content (AvgIpc) is 2.69. The van der Waals surface area contributed by atoms with Crippen molar-refractivity contribution in [3.05, 3.63) is 0 Å². The smallest absolute Gasteiger partial charge is 0.221 e. The third-order valence-corrected chi connectivity index (χ3v) is 5.71. The summed E-state index contributed by atoms with van der Waals surface area (Å²) in [4.78, 5) is 20.8. The Kier molecular flexibility index (Phi) is 9.91. The fraction of sp³-hybridized carbons (Fsp3) is 0.900. The summed E-state index contributed by atoms with van der Waals surface area (Å²) in [5.74, 6) is 1.65. The number of carbonyl (C=O) groups excluding carboxylic acids is 1. The summed E-state index contributed by atoms with van der Waals surface area (Å²) in [6, 6.07) is 0. The van der Waals surface area contributed by atoms with E-state index in [-0.39, 0.29) is 11.8 Å². The molecular weight excluding hydrogens is 342 g/mol. The number of rotatable bonds is 9. The summed E-state index contributed by atoms with van der Waals surface area (Å²) in [6.45, 7) is 9.52. The number of amides is 1. The fourth-order valence-electron chi connectivity index (χ4n) is 3.96. The molecule has 2 aliphatic rings. The second-order valence-corrected chi connectivity index (χ2v) is 7.90. The first-order valence-electron chi connectivity index (χ1n) is 10.7. The fourth-order valence-corrected chi connectivity index (χ4v) is 3.96. The highest BCUT2D eigenvalue weighted by atomic mass is 16.5. The highest BCUT2D eigenvalue weighted by molar-refractivity contribution is 5.79. The third-order valence-electron chi connectivity index (χ3n) is 5.71. The van der Waals surface area contributed by atoms with Crippen molar-refractivity contribution in [3.63, 3.8) is 0 Å². The van der Waals surface area contributed by atoms with Crippen molar-refractivity contribution in [2.75, 3.05) is 59.5 Å². The molecule has 0 radical (unpaired) electrons. The van der Waals surface area contributed by atoms with Crippen molar-refractivity contribution < 1.29 is 9.53 Å². The first-order valence-corrected chi connectivity index (χ1v) is 10.7. The van der Waals surface area contributed by atoms with E-state index < -0.39 is 0 Å².